The first-order valence-electron chi connectivity index (χ1n) is 6.69. The SMILES string of the molecule is CCCCCCCn1cc(N)c(C(=O)OCC)n1. The number of nitrogens with two attached hydrogens (primary N) is 1. The third kappa shape index (κ3) is 4.39. The van der Waals surface area contributed by atoms with Gasteiger partial charge in [0.2, 0.25) is 0 Å². The average molecular weight is 253 g/mol. The first-order chi connectivity index (χ1) is 8.69. The molecule has 102 valence electrons. The Morgan fingerprint density at radius 2 is 2.06 bits per heavy atom. The lowest BCUT2D eigenvalue weighted by molar-refractivity contribution is 0.0519. The molecule has 0 aromatic carbocycles. The van der Waals surface area contributed by atoms with Crippen molar-refractivity contribution >= 4 is 11.7 Å². The molecule has 0 aliphatic rings. The number of nitrogen functional groups attached to an aromatic ring is 1. The molecular weight excluding hydrogens is 230 g/mol. The molecule has 18 heavy (non-hydrogen) atoms. The van der Waals surface area contributed by atoms with Crippen LogP contribution in [0.3, 0.4) is 0 Å². The summed E-state index contributed by atoms with van der Waals surface area (Å²) in [6, 6.07) is 0. The van der Waals surface area contributed by atoms with Crippen molar-refractivity contribution in [3.05, 3.63) is 11.9 Å². The molecule has 0 amide bonds. The Balaban J connectivity index is 2.43. The van der Waals surface area contributed by atoms with E-state index >= 15 is 0 Å². The number of aryl methyl sites for hydroxylation is 1. The minimum atomic E-state index is -0.445. The maximum atomic E-state index is 11.5. The van der Waals surface area contributed by atoms with Gasteiger partial charge >= 0.3 is 5.97 Å². The van der Waals surface area contributed by atoms with Gasteiger partial charge in [-0.2, -0.15) is 5.10 Å². The van der Waals surface area contributed by atoms with Crippen LogP contribution in [0.2, 0.25) is 0 Å². The van der Waals surface area contributed by atoms with Crippen molar-refractivity contribution in [3.63, 3.8) is 0 Å². The summed E-state index contributed by atoms with van der Waals surface area (Å²) in [6.45, 7) is 5.09. The van der Waals surface area contributed by atoms with Gasteiger partial charge in [0, 0.05) is 12.7 Å². The van der Waals surface area contributed by atoms with Crippen LogP contribution < -0.4 is 5.73 Å². The monoisotopic (exact) mass is 253 g/mol. The molecular formula is C13H23N3O2. The highest BCUT2D eigenvalue weighted by molar-refractivity contribution is 5.92. The number of carbonyl (C=O) groups is 1. The quantitative estimate of drug-likeness (QED) is 0.571. The molecule has 1 rings (SSSR count). The van der Waals surface area contributed by atoms with Crippen molar-refractivity contribution in [1.82, 2.24) is 9.78 Å². The molecule has 0 spiro atoms. The molecule has 0 aliphatic heterocycles. The fourth-order valence-electron chi connectivity index (χ4n) is 1.79. The van der Waals surface area contributed by atoms with Gasteiger partial charge in [-0.15, -0.1) is 0 Å². The standard InChI is InChI=1S/C13H23N3O2/c1-3-5-6-7-8-9-16-10-11(14)12(15-16)13(17)18-4-2/h10H,3-9,14H2,1-2H3. The molecule has 5 heteroatoms. The molecule has 0 unspecified atom stereocenters. The Hall–Kier alpha value is -1.52. The highest BCUT2D eigenvalue weighted by Crippen LogP contribution is 2.12. The van der Waals surface area contributed by atoms with Gasteiger partial charge in [-0.05, 0) is 13.3 Å². The Bertz CT molecular complexity index is 374. The second-order valence-corrected chi connectivity index (χ2v) is 4.33. The summed E-state index contributed by atoms with van der Waals surface area (Å²) < 4.78 is 6.61. The van der Waals surface area contributed by atoms with Crippen LogP contribution in [0.15, 0.2) is 6.20 Å². The van der Waals surface area contributed by atoms with Crippen LogP contribution in [0.5, 0.6) is 0 Å². The molecule has 2 N–H and O–H groups in total. The molecule has 0 bridgehead atoms. The van der Waals surface area contributed by atoms with Gasteiger partial charge in [0.1, 0.15) is 0 Å². The molecule has 0 aliphatic carbocycles. The smallest absolute Gasteiger partial charge is 0.361 e. The number of nitrogens with zero attached hydrogens (tertiary/aromatic N) is 2. The predicted molar refractivity (Wildman–Crippen MR) is 71.4 cm³/mol. The molecule has 1 aromatic rings. The summed E-state index contributed by atoms with van der Waals surface area (Å²) in [6.07, 6.45) is 7.70. The Morgan fingerprint density at radius 1 is 1.33 bits per heavy atom. The fourth-order valence-corrected chi connectivity index (χ4v) is 1.79. The van der Waals surface area contributed by atoms with Crippen molar-refractivity contribution in [1.29, 1.82) is 0 Å². The van der Waals surface area contributed by atoms with Gasteiger partial charge in [-0.25, -0.2) is 4.79 Å². The zero-order chi connectivity index (χ0) is 13.4. The average Bonchev–Trinajstić information content (AvgIpc) is 2.71. The first-order valence-corrected chi connectivity index (χ1v) is 6.69. The second kappa shape index (κ2) is 7.74. The number of ether oxygens (including phenoxy) is 1. The molecule has 0 saturated heterocycles. The number of hydrogen-bond acceptors (Lipinski definition) is 4. The molecule has 0 saturated carbocycles. The molecule has 0 atom stereocenters. The lowest BCUT2D eigenvalue weighted by Crippen LogP contribution is -2.09. The van der Waals surface area contributed by atoms with Crippen LogP contribution in [0.25, 0.3) is 0 Å². The van der Waals surface area contributed by atoms with Crippen LogP contribution in [-0.4, -0.2) is 22.4 Å². The molecule has 5 nitrogen and oxygen atoms in total. The lowest BCUT2D eigenvalue weighted by atomic mass is 10.1. The summed E-state index contributed by atoms with van der Waals surface area (Å²) in [4.78, 5) is 11.5. The fraction of sp³-hybridized carbons (Fsp3) is 0.692. The van der Waals surface area contributed by atoms with Crippen LogP contribution in [0, 0.1) is 0 Å². The van der Waals surface area contributed by atoms with E-state index in [1.807, 2.05) is 0 Å². The van der Waals surface area contributed by atoms with E-state index in [9.17, 15) is 4.79 Å². The van der Waals surface area contributed by atoms with Crippen molar-refractivity contribution in [2.24, 2.45) is 0 Å². The summed E-state index contributed by atoms with van der Waals surface area (Å²) in [5.74, 6) is -0.445. The highest BCUT2D eigenvalue weighted by Gasteiger charge is 2.15. The Morgan fingerprint density at radius 3 is 2.72 bits per heavy atom. The third-order valence-electron chi connectivity index (χ3n) is 2.75. The number of esters is 1. The predicted octanol–water partition coefficient (Wildman–Crippen LogP) is 2.61. The van der Waals surface area contributed by atoms with E-state index in [-0.39, 0.29) is 5.69 Å². The zero-order valence-electron chi connectivity index (χ0n) is 11.3. The van der Waals surface area contributed by atoms with E-state index in [1.54, 1.807) is 17.8 Å². The van der Waals surface area contributed by atoms with Crippen molar-refractivity contribution < 1.29 is 9.53 Å². The minimum absolute atomic E-state index is 0.227. The van der Waals surface area contributed by atoms with Crippen LogP contribution >= 0.6 is 0 Å². The Labute approximate surface area is 108 Å². The number of carbonyl (C=O) groups excluding carboxylic acids is 1. The topological polar surface area (TPSA) is 70.1 Å². The third-order valence-corrected chi connectivity index (χ3v) is 2.75. The molecule has 0 radical (unpaired) electrons. The van der Waals surface area contributed by atoms with Gasteiger partial charge in [-0.1, -0.05) is 32.6 Å². The zero-order valence-corrected chi connectivity index (χ0v) is 11.3. The summed E-state index contributed by atoms with van der Waals surface area (Å²) >= 11 is 0. The van der Waals surface area contributed by atoms with Gasteiger partial charge in [-0.3, -0.25) is 4.68 Å². The molecule has 1 heterocycles. The first kappa shape index (κ1) is 14.5. The number of aromatic nitrogens is 2. The molecule has 1 aromatic heterocycles. The maximum Gasteiger partial charge on any atom is 0.361 e. The van der Waals surface area contributed by atoms with E-state index in [4.69, 9.17) is 10.5 Å². The van der Waals surface area contributed by atoms with Crippen molar-refractivity contribution in [2.45, 2.75) is 52.5 Å². The number of hydrogen-bond donors (Lipinski definition) is 1. The van der Waals surface area contributed by atoms with Gasteiger partial charge in [0.25, 0.3) is 0 Å². The Kier molecular flexibility index (Phi) is 6.25. The minimum Gasteiger partial charge on any atom is -0.461 e. The largest absolute Gasteiger partial charge is 0.461 e. The summed E-state index contributed by atoms with van der Waals surface area (Å²) in [5.41, 5.74) is 6.36. The van der Waals surface area contributed by atoms with Crippen molar-refractivity contribution in [3.8, 4) is 0 Å². The van der Waals surface area contributed by atoms with Gasteiger partial charge in [0.15, 0.2) is 5.69 Å². The van der Waals surface area contributed by atoms with E-state index in [1.165, 1.54) is 25.7 Å². The number of anilines is 1. The van der Waals surface area contributed by atoms with E-state index in [2.05, 4.69) is 12.0 Å². The maximum absolute atomic E-state index is 11.5. The molecule has 0 fully saturated rings. The van der Waals surface area contributed by atoms with Gasteiger partial charge < -0.3 is 10.5 Å². The number of unbranched alkanes of at least 4 members (excludes halogenated alkanes) is 4. The highest BCUT2D eigenvalue weighted by atomic mass is 16.5. The van der Waals surface area contributed by atoms with E-state index in [0.717, 1.165) is 13.0 Å². The lowest BCUT2D eigenvalue weighted by Gasteiger charge is -2.01. The second-order valence-electron chi connectivity index (χ2n) is 4.33. The van der Waals surface area contributed by atoms with Crippen molar-refractivity contribution in [2.75, 3.05) is 12.3 Å². The summed E-state index contributed by atoms with van der Waals surface area (Å²) in [5, 5.41) is 4.16. The summed E-state index contributed by atoms with van der Waals surface area (Å²) in [7, 11) is 0. The van der Waals surface area contributed by atoms with E-state index in [0.29, 0.717) is 12.3 Å². The number of rotatable bonds is 8. The van der Waals surface area contributed by atoms with Crippen LogP contribution in [0.1, 0.15) is 56.4 Å². The van der Waals surface area contributed by atoms with E-state index < -0.39 is 5.97 Å². The van der Waals surface area contributed by atoms with Gasteiger partial charge in [0.05, 0.1) is 12.3 Å². The van der Waals surface area contributed by atoms with Crippen LogP contribution in [-0.2, 0) is 11.3 Å². The van der Waals surface area contributed by atoms with Crippen LogP contribution in [0.4, 0.5) is 5.69 Å². The normalized spacial score (nSPS) is 10.6.